The van der Waals surface area contributed by atoms with Crippen molar-refractivity contribution in [3.05, 3.63) is 70.7 Å². The summed E-state index contributed by atoms with van der Waals surface area (Å²) in [6, 6.07) is 18.7. The number of benzene rings is 2. The number of Topliss-reactive ketones (excluding diaryl/α,β-unsaturated/α-hetero) is 1. The minimum atomic E-state index is 0.00203. The molecule has 0 saturated carbocycles. The number of rotatable bonds is 5. The summed E-state index contributed by atoms with van der Waals surface area (Å²) in [5.74, 6) is 0.476. The Kier molecular flexibility index (Phi) is 4.34. The number of anilines is 1. The number of hydrogen-bond donors (Lipinski definition) is 1. The van der Waals surface area contributed by atoms with Crippen molar-refractivity contribution < 1.29 is 9.32 Å². The lowest BCUT2D eigenvalue weighted by molar-refractivity contribution is 0.101. The van der Waals surface area contributed by atoms with E-state index < -0.39 is 0 Å². The third-order valence-corrected chi connectivity index (χ3v) is 3.70. The van der Waals surface area contributed by atoms with E-state index in [1.165, 1.54) is 0 Å². The van der Waals surface area contributed by atoms with Crippen molar-refractivity contribution >= 4 is 27.6 Å². The van der Waals surface area contributed by atoms with Gasteiger partial charge in [0, 0.05) is 21.7 Å². The Bertz CT molecular complexity index is 767. The fraction of sp³-hybridized carbons (Fsp3) is 0.0588. The lowest BCUT2D eigenvalue weighted by atomic mass is 10.1. The average molecular weight is 357 g/mol. The minimum Gasteiger partial charge on any atom is -0.347 e. The smallest absolute Gasteiger partial charge is 0.225 e. The van der Waals surface area contributed by atoms with Gasteiger partial charge in [-0.2, -0.15) is 0 Å². The van der Waals surface area contributed by atoms with Crippen LogP contribution in [0.1, 0.15) is 10.4 Å². The molecular formula is C17H13BrN2O2. The molecule has 22 heavy (non-hydrogen) atoms. The van der Waals surface area contributed by atoms with Gasteiger partial charge in [-0.1, -0.05) is 63.6 Å². The van der Waals surface area contributed by atoms with Gasteiger partial charge in [-0.15, -0.1) is 0 Å². The van der Waals surface area contributed by atoms with E-state index in [0.717, 1.165) is 15.7 Å². The lowest BCUT2D eigenvalue weighted by Gasteiger charge is -2.01. The Morgan fingerprint density at radius 3 is 2.55 bits per heavy atom. The standard InChI is InChI=1S/C17H13BrN2O2/c18-14-8-6-12(7-9-14)15-10-17(22-20-15)19-11-16(21)13-4-2-1-3-5-13/h1-10,19H,11H2. The zero-order valence-electron chi connectivity index (χ0n) is 11.6. The number of nitrogens with one attached hydrogen (secondary N) is 1. The summed E-state index contributed by atoms with van der Waals surface area (Å²) in [5, 5.41) is 6.96. The first kappa shape index (κ1) is 14.5. The second-order valence-electron chi connectivity index (χ2n) is 4.73. The van der Waals surface area contributed by atoms with Crippen LogP contribution in [-0.4, -0.2) is 17.5 Å². The van der Waals surface area contributed by atoms with E-state index in [4.69, 9.17) is 4.52 Å². The van der Waals surface area contributed by atoms with Gasteiger partial charge in [0.1, 0.15) is 5.69 Å². The van der Waals surface area contributed by atoms with E-state index in [2.05, 4.69) is 26.4 Å². The van der Waals surface area contributed by atoms with E-state index in [1.54, 1.807) is 18.2 Å². The fourth-order valence-electron chi connectivity index (χ4n) is 2.01. The summed E-state index contributed by atoms with van der Waals surface area (Å²) >= 11 is 3.39. The van der Waals surface area contributed by atoms with Crippen LogP contribution >= 0.6 is 15.9 Å². The Hall–Kier alpha value is -2.40. The van der Waals surface area contributed by atoms with Crippen LogP contribution in [0.4, 0.5) is 5.88 Å². The van der Waals surface area contributed by atoms with Gasteiger partial charge in [0.15, 0.2) is 5.78 Å². The molecule has 0 unspecified atom stereocenters. The molecule has 0 aliphatic carbocycles. The molecule has 1 N–H and O–H groups in total. The van der Waals surface area contributed by atoms with E-state index in [9.17, 15) is 4.79 Å². The molecule has 1 aromatic heterocycles. The van der Waals surface area contributed by atoms with Crippen LogP contribution in [0, 0.1) is 0 Å². The molecular weight excluding hydrogens is 344 g/mol. The molecule has 0 aliphatic rings. The highest BCUT2D eigenvalue weighted by Gasteiger charge is 2.09. The summed E-state index contributed by atoms with van der Waals surface area (Å²) in [4.78, 5) is 12.0. The number of carbonyl (C=O) groups is 1. The van der Waals surface area contributed by atoms with Crippen LogP contribution < -0.4 is 5.32 Å². The van der Waals surface area contributed by atoms with Gasteiger partial charge in [-0.3, -0.25) is 4.79 Å². The third-order valence-electron chi connectivity index (χ3n) is 3.17. The van der Waals surface area contributed by atoms with Crippen molar-refractivity contribution in [3.63, 3.8) is 0 Å². The predicted octanol–water partition coefficient (Wildman–Crippen LogP) is 4.40. The molecule has 0 saturated heterocycles. The predicted molar refractivity (Wildman–Crippen MR) is 88.9 cm³/mol. The van der Waals surface area contributed by atoms with Gasteiger partial charge in [0.2, 0.25) is 5.88 Å². The van der Waals surface area contributed by atoms with Crippen LogP contribution in [0.5, 0.6) is 0 Å². The Morgan fingerprint density at radius 2 is 1.82 bits per heavy atom. The highest BCUT2D eigenvalue weighted by Crippen LogP contribution is 2.23. The van der Waals surface area contributed by atoms with Crippen molar-refractivity contribution in [1.29, 1.82) is 0 Å². The molecule has 4 nitrogen and oxygen atoms in total. The van der Waals surface area contributed by atoms with Gasteiger partial charge in [-0.05, 0) is 12.1 Å². The van der Waals surface area contributed by atoms with Crippen molar-refractivity contribution in [3.8, 4) is 11.3 Å². The zero-order valence-corrected chi connectivity index (χ0v) is 13.2. The van der Waals surface area contributed by atoms with E-state index in [1.807, 2.05) is 42.5 Å². The van der Waals surface area contributed by atoms with Crippen molar-refractivity contribution in [1.82, 2.24) is 5.16 Å². The Morgan fingerprint density at radius 1 is 1.09 bits per heavy atom. The highest BCUT2D eigenvalue weighted by molar-refractivity contribution is 9.10. The monoisotopic (exact) mass is 356 g/mol. The van der Waals surface area contributed by atoms with Gasteiger partial charge >= 0.3 is 0 Å². The third kappa shape index (κ3) is 3.43. The van der Waals surface area contributed by atoms with E-state index in [-0.39, 0.29) is 12.3 Å². The summed E-state index contributed by atoms with van der Waals surface area (Å²) in [6.45, 7) is 0.166. The number of aromatic nitrogens is 1. The van der Waals surface area contributed by atoms with Crippen LogP contribution in [0.25, 0.3) is 11.3 Å². The largest absolute Gasteiger partial charge is 0.347 e. The highest BCUT2D eigenvalue weighted by atomic mass is 79.9. The first-order valence-electron chi connectivity index (χ1n) is 6.77. The number of ketones is 1. The van der Waals surface area contributed by atoms with Gasteiger partial charge in [-0.25, -0.2) is 0 Å². The van der Waals surface area contributed by atoms with Gasteiger partial charge in [0.05, 0.1) is 6.54 Å². The molecule has 0 atom stereocenters. The molecule has 0 bridgehead atoms. The molecule has 5 heteroatoms. The quantitative estimate of drug-likeness (QED) is 0.688. The van der Waals surface area contributed by atoms with Crippen molar-refractivity contribution in [2.75, 3.05) is 11.9 Å². The van der Waals surface area contributed by atoms with Crippen LogP contribution in [0.15, 0.2) is 69.7 Å². The molecule has 0 fully saturated rings. The molecule has 3 rings (SSSR count). The Balaban J connectivity index is 1.65. The van der Waals surface area contributed by atoms with E-state index >= 15 is 0 Å². The summed E-state index contributed by atoms with van der Waals surface area (Å²) in [7, 11) is 0. The van der Waals surface area contributed by atoms with Crippen LogP contribution in [-0.2, 0) is 0 Å². The number of nitrogens with zero attached hydrogens (tertiary/aromatic N) is 1. The normalized spacial score (nSPS) is 10.4. The summed E-state index contributed by atoms with van der Waals surface area (Å²) in [6.07, 6.45) is 0. The summed E-state index contributed by atoms with van der Waals surface area (Å²) < 4.78 is 6.22. The molecule has 0 aliphatic heterocycles. The number of carbonyl (C=O) groups excluding carboxylic acids is 1. The molecule has 1 heterocycles. The average Bonchev–Trinajstić information content (AvgIpc) is 3.03. The molecule has 0 spiro atoms. The lowest BCUT2D eigenvalue weighted by Crippen LogP contribution is -2.13. The number of hydrogen-bond acceptors (Lipinski definition) is 4. The molecule has 2 aromatic carbocycles. The zero-order chi connectivity index (χ0) is 15.4. The maximum Gasteiger partial charge on any atom is 0.225 e. The first-order chi connectivity index (χ1) is 10.7. The Labute approximate surface area is 136 Å². The second-order valence-corrected chi connectivity index (χ2v) is 5.64. The molecule has 110 valence electrons. The van der Waals surface area contributed by atoms with E-state index in [0.29, 0.717) is 11.4 Å². The number of halogens is 1. The molecule has 3 aromatic rings. The first-order valence-corrected chi connectivity index (χ1v) is 7.56. The SMILES string of the molecule is O=C(CNc1cc(-c2ccc(Br)cc2)no1)c1ccccc1. The maximum atomic E-state index is 12.0. The van der Waals surface area contributed by atoms with Crippen LogP contribution in [0.2, 0.25) is 0 Å². The van der Waals surface area contributed by atoms with Crippen LogP contribution in [0.3, 0.4) is 0 Å². The van der Waals surface area contributed by atoms with Crippen molar-refractivity contribution in [2.45, 2.75) is 0 Å². The minimum absolute atomic E-state index is 0.00203. The second kappa shape index (κ2) is 6.58. The summed E-state index contributed by atoms with van der Waals surface area (Å²) in [5.41, 5.74) is 2.35. The molecule has 0 radical (unpaired) electrons. The molecule has 0 amide bonds. The van der Waals surface area contributed by atoms with Gasteiger partial charge < -0.3 is 9.84 Å². The fourth-order valence-corrected chi connectivity index (χ4v) is 2.27. The topological polar surface area (TPSA) is 55.1 Å². The van der Waals surface area contributed by atoms with Crippen molar-refractivity contribution in [2.24, 2.45) is 0 Å². The maximum absolute atomic E-state index is 12.0. The van der Waals surface area contributed by atoms with Gasteiger partial charge in [0.25, 0.3) is 0 Å².